The van der Waals surface area contributed by atoms with Crippen LogP contribution in [0, 0.1) is 3.57 Å². The number of nitrogens with two attached hydrogens (primary N) is 1. The van der Waals surface area contributed by atoms with Crippen molar-refractivity contribution in [3.63, 3.8) is 0 Å². The van der Waals surface area contributed by atoms with E-state index < -0.39 is 23.6 Å². The molecule has 0 aromatic heterocycles. The van der Waals surface area contributed by atoms with E-state index in [0.29, 0.717) is 28.2 Å². The van der Waals surface area contributed by atoms with Crippen LogP contribution in [0.25, 0.3) is 0 Å². The van der Waals surface area contributed by atoms with Crippen LogP contribution in [0.4, 0.5) is 17.1 Å². The lowest BCUT2D eigenvalue weighted by Crippen LogP contribution is -2.30. The standard InChI is InChI=1S/C22H12IN3O4/c23-11-1-7-15-17(9-11)21(29)25(19(15)27)13-3-5-14(6-4-13)26-20(28)16-8-2-12(24)10-18(16)22(26)30/h1-10H,24H2. The minimum Gasteiger partial charge on any atom is -0.399 e. The first kappa shape index (κ1) is 18.5. The first-order valence-electron chi connectivity index (χ1n) is 8.93. The van der Waals surface area contributed by atoms with Crippen molar-refractivity contribution in [2.45, 2.75) is 0 Å². The smallest absolute Gasteiger partial charge is 0.266 e. The molecule has 0 saturated heterocycles. The van der Waals surface area contributed by atoms with Gasteiger partial charge in [-0.05, 0) is 83.3 Å². The van der Waals surface area contributed by atoms with Crippen molar-refractivity contribution in [3.05, 3.63) is 86.5 Å². The lowest BCUT2D eigenvalue weighted by molar-refractivity contribution is 0.0909. The Morgan fingerprint density at radius 3 is 1.53 bits per heavy atom. The largest absolute Gasteiger partial charge is 0.399 e. The highest BCUT2D eigenvalue weighted by Crippen LogP contribution is 2.33. The van der Waals surface area contributed by atoms with Gasteiger partial charge in [0, 0.05) is 9.26 Å². The molecule has 0 unspecified atom stereocenters. The van der Waals surface area contributed by atoms with Crippen LogP contribution < -0.4 is 15.5 Å². The Labute approximate surface area is 184 Å². The summed E-state index contributed by atoms with van der Waals surface area (Å²) in [7, 11) is 0. The molecule has 3 aromatic carbocycles. The molecule has 3 aromatic rings. The molecule has 30 heavy (non-hydrogen) atoms. The van der Waals surface area contributed by atoms with Gasteiger partial charge in [-0.2, -0.15) is 0 Å². The van der Waals surface area contributed by atoms with Gasteiger partial charge in [0.05, 0.1) is 33.6 Å². The monoisotopic (exact) mass is 509 g/mol. The average molecular weight is 509 g/mol. The molecule has 2 aliphatic rings. The zero-order valence-electron chi connectivity index (χ0n) is 15.3. The molecule has 4 amide bonds. The highest BCUT2D eigenvalue weighted by Gasteiger charge is 2.38. The summed E-state index contributed by atoms with van der Waals surface area (Å²) < 4.78 is 0.857. The van der Waals surface area contributed by atoms with E-state index in [2.05, 4.69) is 22.6 Å². The number of carbonyl (C=O) groups excluding carboxylic acids is 4. The van der Waals surface area contributed by atoms with Crippen LogP contribution in [0.1, 0.15) is 41.4 Å². The molecule has 0 fully saturated rings. The third kappa shape index (κ3) is 2.57. The summed E-state index contributed by atoms with van der Waals surface area (Å²) in [5.74, 6) is -1.73. The Bertz CT molecular complexity index is 1200. The number of hydrogen-bond acceptors (Lipinski definition) is 5. The molecule has 0 aliphatic carbocycles. The van der Waals surface area contributed by atoms with Crippen molar-refractivity contribution in [1.82, 2.24) is 0 Å². The predicted octanol–water partition coefficient (Wildman–Crippen LogP) is 3.47. The van der Waals surface area contributed by atoms with E-state index in [1.807, 2.05) is 0 Å². The van der Waals surface area contributed by atoms with Gasteiger partial charge in [-0.3, -0.25) is 19.2 Å². The minimum atomic E-state index is -0.467. The van der Waals surface area contributed by atoms with Gasteiger partial charge in [0.1, 0.15) is 0 Å². The Hall–Kier alpha value is -3.53. The molecule has 0 radical (unpaired) electrons. The fraction of sp³-hybridized carbons (Fsp3) is 0. The summed E-state index contributed by atoms with van der Waals surface area (Å²) in [5, 5.41) is 0. The molecule has 7 nitrogen and oxygen atoms in total. The van der Waals surface area contributed by atoms with Gasteiger partial charge in [0.25, 0.3) is 23.6 Å². The molecular weight excluding hydrogens is 497 g/mol. The number of amides is 4. The van der Waals surface area contributed by atoms with Gasteiger partial charge in [0.15, 0.2) is 0 Å². The second-order valence-corrected chi connectivity index (χ2v) is 8.15. The van der Waals surface area contributed by atoms with Gasteiger partial charge in [-0.15, -0.1) is 0 Å². The summed E-state index contributed by atoms with van der Waals surface area (Å²) in [4.78, 5) is 53.0. The molecule has 146 valence electrons. The molecule has 0 bridgehead atoms. The van der Waals surface area contributed by atoms with Gasteiger partial charge < -0.3 is 5.73 Å². The van der Waals surface area contributed by atoms with E-state index in [1.165, 1.54) is 24.3 Å². The van der Waals surface area contributed by atoms with Crippen LogP contribution in [0.3, 0.4) is 0 Å². The van der Waals surface area contributed by atoms with Crippen molar-refractivity contribution in [2.75, 3.05) is 15.5 Å². The number of carbonyl (C=O) groups is 4. The minimum absolute atomic E-state index is 0.249. The lowest BCUT2D eigenvalue weighted by atomic mass is 10.1. The van der Waals surface area contributed by atoms with E-state index in [-0.39, 0.29) is 11.1 Å². The van der Waals surface area contributed by atoms with E-state index in [1.54, 1.807) is 36.4 Å². The van der Waals surface area contributed by atoms with E-state index >= 15 is 0 Å². The summed E-state index contributed by atoms with van der Waals surface area (Å²) in [5.41, 5.74) is 8.07. The molecule has 2 N–H and O–H groups in total. The summed E-state index contributed by atoms with van der Waals surface area (Å²) in [6.45, 7) is 0. The first-order chi connectivity index (χ1) is 14.4. The topological polar surface area (TPSA) is 101 Å². The Kier molecular flexibility index (Phi) is 4.00. The SMILES string of the molecule is Nc1ccc2c(c1)C(=O)N(c1ccc(N3C(=O)c4ccc(I)cc4C3=O)cc1)C2=O. The predicted molar refractivity (Wildman–Crippen MR) is 119 cm³/mol. The number of hydrogen-bond donors (Lipinski definition) is 1. The Balaban J connectivity index is 1.48. The van der Waals surface area contributed by atoms with E-state index in [0.717, 1.165) is 13.4 Å². The van der Waals surface area contributed by atoms with Crippen molar-refractivity contribution < 1.29 is 19.2 Å². The lowest BCUT2D eigenvalue weighted by Gasteiger charge is -2.17. The highest BCUT2D eigenvalue weighted by atomic mass is 127. The summed E-state index contributed by atoms with van der Waals surface area (Å²) >= 11 is 2.08. The number of imide groups is 2. The zero-order chi connectivity index (χ0) is 21.2. The zero-order valence-corrected chi connectivity index (χ0v) is 17.4. The number of rotatable bonds is 2. The first-order valence-corrected chi connectivity index (χ1v) is 10.0. The Morgan fingerprint density at radius 2 is 1.00 bits per heavy atom. The fourth-order valence-electron chi connectivity index (χ4n) is 3.69. The molecule has 0 spiro atoms. The van der Waals surface area contributed by atoms with Gasteiger partial charge >= 0.3 is 0 Å². The van der Waals surface area contributed by atoms with Crippen LogP contribution in [-0.2, 0) is 0 Å². The summed E-state index contributed by atoms with van der Waals surface area (Å²) in [6, 6.07) is 15.8. The third-order valence-corrected chi connectivity index (χ3v) is 5.80. The number of nitrogen functional groups attached to an aromatic ring is 1. The number of anilines is 3. The maximum absolute atomic E-state index is 12.8. The Morgan fingerprint density at radius 1 is 0.567 bits per heavy atom. The van der Waals surface area contributed by atoms with Crippen LogP contribution in [-0.4, -0.2) is 23.6 Å². The number of fused-ring (bicyclic) bond motifs is 2. The number of benzene rings is 3. The van der Waals surface area contributed by atoms with Gasteiger partial charge in [-0.25, -0.2) is 9.80 Å². The normalized spacial score (nSPS) is 15.1. The number of nitrogens with zero attached hydrogens (tertiary/aromatic N) is 2. The quantitative estimate of drug-likeness (QED) is 0.324. The van der Waals surface area contributed by atoms with Crippen molar-refractivity contribution >= 4 is 63.3 Å². The highest BCUT2D eigenvalue weighted by molar-refractivity contribution is 14.1. The third-order valence-electron chi connectivity index (χ3n) is 5.13. The summed E-state index contributed by atoms with van der Waals surface area (Å²) in [6.07, 6.45) is 0. The van der Waals surface area contributed by atoms with Crippen LogP contribution >= 0.6 is 22.6 Å². The molecule has 0 atom stereocenters. The van der Waals surface area contributed by atoms with Crippen molar-refractivity contribution in [2.24, 2.45) is 0 Å². The molecule has 8 heteroatoms. The molecule has 2 heterocycles. The van der Waals surface area contributed by atoms with Crippen LogP contribution in [0.5, 0.6) is 0 Å². The number of halogens is 1. The maximum atomic E-state index is 12.8. The van der Waals surface area contributed by atoms with Gasteiger partial charge in [-0.1, -0.05) is 0 Å². The molecular formula is C22H12IN3O4. The van der Waals surface area contributed by atoms with Gasteiger partial charge in [0.2, 0.25) is 0 Å². The molecule has 2 aliphatic heterocycles. The fourth-order valence-corrected chi connectivity index (χ4v) is 4.18. The molecule has 5 rings (SSSR count). The van der Waals surface area contributed by atoms with Crippen LogP contribution in [0.15, 0.2) is 60.7 Å². The molecule has 0 saturated carbocycles. The second kappa shape index (κ2) is 6.49. The maximum Gasteiger partial charge on any atom is 0.266 e. The second-order valence-electron chi connectivity index (χ2n) is 6.90. The van der Waals surface area contributed by atoms with E-state index in [4.69, 9.17) is 5.73 Å². The van der Waals surface area contributed by atoms with Crippen molar-refractivity contribution in [3.8, 4) is 0 Å². The van der Waals surface area contributed by atoms with E-state index in [9.17, 15) is 19.2 Å². The van der Waals surface area contributed by atoms with Crippen LogP contribution in [0.2, 0.25) is 0 Å². The van der Waals surface area contributed by atoms with Crippen molar-refractivity contribution in [1.29, 1.82) is 0 Å². The average Bonchev–Trinajstić information content (AvgIpc) is 3.12.